The highest BCUT2D eigenvalue weighted by Gasteiger charge is 2.03. The average molecular weight is 158 g/mol. The van der Waals surface area contributed by atoms with Gasteiger partial charge in [-0.05, 0) is 7.05 Å². The summed E-state index contributed by atoms with van der Waals surface area (Å²) in [5.74, 6) is 0. The number of hydrogen-bond donors (Lipinski definition) is 1. The number of likely N-dealkylation sites (N-methyl/N-ethyl adjacent to an activating group) is 1. The third-order valence-electron chi connectivity index (χ3n) is 1.37. The van der Waals surface area contributed by atoms with Crippen LogP contribution in [-0.4, -0.2) is 44.8 Å². The maximum atomic E-state index is 5.71. The fraction of sp³-hybridized carbons (Fsp3) is 0.750. The summed E-state index contributed by atoms with van der Waals surface area (Å²) in [7, 11) is 3.67. The van der Waals surface area contributed by atoms with Crippen LogP contribution in [-0.2, 0) is 4.74 Å². The molecule has 0 aromatic rings. The molecule has 0 heterocycles. The molecule has 1 atom stereocenters. The minimum atomic E-state index is 0.102. The first-order valence-electron chi connectivity index (χ1n) is 3.74. The molecule has 0 saturated carbocycles. The minimum absolute atomic E-state index is 0.102. The van der Waals surface area contributed by atoms with E-state index in [0.29, 0.717) is 6.61 Å². The van der Waals surface area contributed by atoms with E-state index in [1.165, 1.54) is 0 Å². The molecule has 2 N–H and O–H groups in total. The quantitative estimate of drug-likeness (QED) is 0.556. The van der Waals surface area contributed by atoms with Gasteiger partial charge in [0.25, 0.3) is 0 Å². The molecular formula is C8H18N2O. The Morgan fingerprint density at radius 1 is 1.73 bits per heavy atom. The SMILES string of the molecule is C=CCN(C)CC(N)COC. The van der Waals surface area contributed by atoms with Crippen LogP contribution in [0.3, 0.4) is 0 Å². The molecule has 0 fully saturated rings. The van der Waals surface area contributed by atoms with E-state index in [0.717, 1.165) is 13.1 Å². The lowest BCUT2D eigenvalue weighted by Crippen LogP contribution is -2.38. The van der Waals surface area contributed by atoms with Gasteiger partial charge in [0, 0.05) is 26.2 Å². The summed E-state index contributed by atoms with van der Waals surface area (Å²) in [4.78, 5) is 2.11. The highest BCUT2D eigenvalue weighted by Crippen LogP contribution is 1.86. The third kappa shape index (κ3) is 6.04. The molecule has 0 spiro atoms. The summed E-state index contributed by atoms with van der Waals surface area (Å²) in [5, 5.41) is 0. The summed E-state index contributed by atoms with van der Waals surface area (Å²) in [6.07, 6.45) is 1.86. The monoisotopic (exact) mass is 158 g/mol. The molecule has 0 aliphatic heterocycles. The Bertz CT molecular complexity index is 106. The van der Waals surface area contributed by atoms with Crippen molar-refractivity contribution in [3.8, 4) is 0 Å². The molecule has 0 radical (unpaired) electrons. The van der Waals surface area contributed by atoms with Crippen molar-refractivity contribution in [3.63, 3.8) is 0 Å². The lowest BCUT2D eigenvalue weighted by atomic mass is 10.3. The zero-order chi connectivity index (χ0) is 8.69. The van der Waals surface area contributed by atoms with Crippen molar-refractivity contribution >= 4 is 0 Å². The number of rotatable bonds is 6. The van der Waals surface area contributed by atoms with Crippen LogP contribution in [0.2, 0.25) is 0 Å². The molecule has 0 bridgehead atoms. The van der Waals surface area contributed by atoms with Crippen LogP contribution in [0.25, 0.3) is 0 Å². The van der Waals surface area contributed by atoms with E-state index in [2.05, 4.69) is 11.5 Å². The number of nitrogens with two attached hydrogens (primary N) is 1. The summed E-state index contributed by atoms with van der Waals surface area (Å²) in [6.45, 7) is 5.97. The summed E-state index contributed by atoms with van der Waals surface area (Å²) in [6, 6.07) is 0.102. The van der Waals surface area contributed by atoms with E-state index in [1.54, 1.807) is 7.11 Å². The van der Waals surface area contributed by atoms with Gasteiger partial charge in [0.05, 0.1) is 6.61 Å². The second-order valence-electron chi connectivity index (χ2n) is 2.73. The van der Waals surface area contributed by atoms with E-state index in [-0.39, 0.29) is 6.04 Å². The number of ether oxygens (including phenoxy) is 1. The van der Waals surface area contributed by atoms with Crippen LogP contribution >= 0.6 is 0 Å². The summed E-state index contributed by atoms with van der Waals surface area (Å²) >= 11 is 0. The molecule has 11 heavy (non-hydrogen) atoms. The van der Waals surface area contributed by atoms with Crippen molar-refractivity contribution in [1.82, 2.24) is 4.90 Å². The highest BCUT2D eigenvalue weighted by molar-refractivity contribution is 4.74. The minimum Gasteiger partial charge on any atom is -0.383 e. The molecule has 0 rings (SSSR count). The van der Waals surface area contributed by atoms with Crippen LogP contribution in [0, 0.1) is 0 Å². The molecule has 0 amide bonds. The van der Waals surface area contributed by atoms with Crippen molar-refractivity contribution in [2.24, 2.45) is 5.73 Å². The van der Waals surface area contributed by atoms with Gasteiger partial charge >= 0.3 is 0 Å². The fourth-order valence-corrected chi connectivity index (χ4v) is 0.962. The predicted octanol–water partition coefficient (Wildman–Crippen LogP) is 0.0779. The van der Waals surface area contributed by atoms with Gasteiger partial charge in [0.1, 0.15) is 0 Å². The number of nitrogens with zero attached hydrogens (tertiary/aromatic N) is 1. The molecule has 0 aromatic heterocycles. The van der Waals surface area contributed by atoms with Crippen molar-refractivity contribution < 1.29 is 4.74 Å². The summed E-state index contributed by atoms with van der Waals surface area (Å²) < 4.78 is 4.91. The van der Waals surface area contributed by atoms with E-state index in [9.17, 15) is 0 Å². The van der Waals surface area contributed by atoms with Crippen LogP contribution in [0.5, 0.6) is 0 Å². The molecule has 1 unspecified atom stereocenters. The van der Waals surface area contributed by atoms with Crippen LogP contribution in [0.15, 0.2) is 12.7 Å². The van der Waals surface area contributed by atoms with Gasteiger partial charge < -0.3 is 15.4 Å². The molecule has 3 heteroatoms. The average Bonchev–Trinajstić information content (AvgIpc) is 1.87. The van der Waals surface area contributed by atoms with Crippen LogP contribution < -0.4 is 5.73 Å². The largest absolute Gasteiger partial charge is 0.383 e. The smallest absolute Gasteiger partial charge is 0.0626 e. The van der Waals surface area contributed by atoms with Crippen molar-refractivity contribution in [3.05, 3.63) is 12.7 Å². The Morgan fingerprint density at radius 2 is 2.36 bits per heavy atom. The lowest BCUT2D eigenvalue weighted by Gasteiger charge is -2.18. The van der Waals surface area contributed by atoms with Gasteiger partial charge in [-0.2, -0.15) is 0 Å². The van der Waals surface area contributed by atoms with E-state index >= 15 is 0 Å². The normalized spacial score (nSPS) is 13.5. The highest BCUT2D eigenvalue weighted by atomic mass is 16.5. The van der Waals surface area contributed by atoms with E-state index in [4.69, 9.17) is 10.5 Å². The first-order chi connectivity index (χ1) is 5.20. The van der Waals surface area contributed by atoms with Gasteiger partial charge in [-0.3, -0.25) is 0 Å². The lowest BCUT2D eigenvalue weighted by molar-refractivity contribution is 0.164. The standard InChI is InChI=1S/C8H18N2O/c1-4-5-10(2)6-8(9)7-11-3/h4,8H,1,5-7,9H2,2-3H3. The molecule has 0 aliphatic rings. The second-order valence-corrected chi connectivity index (χ2v) is 2.73. The van der Waals surface area contributed by atoms with Gasteiger partial charge in [-0.1, -0.05) is 6.08 Å². The molecule has 66 valence electrons. The van der Waals surface area contributed by atoms with Crippen molar-refractivity contribution in [1.29, 1.82) is 0 Å². The van der Waals surface area contributed by atoms with Gasteiger partial charge in [0.2, 0.25) is 0 Å². The fourth-order valence-electron chi connectivity index (χ4n) is 0.962. The van der Waals surface area contributed by atoms with Crippen molar-refractivity contribution in [2.45, 2.75) is 6.04 Å². The molecule has 0 saturated heterocycles. The Hall–Kier alpha value is -0.380. The van der Waals surface area contributed by atoms with Gasteiger partial charge in [-0.25, -0.2) is 0 Å². The third-order valence-corrected chi connectivity index (χ3v) is 1.37. The Labute approximate surface area is 68.8 Å². The molecule has 0 aliphatic carbocycles. The first kappa shape index (κ1) is 10.6. The van der Waals surface area contributed by atoms with E-state index in [1.807, 2.05) is 13.1 Å². The predicted molar refractivity (Wildman–Crippen MR) is 47.5 cm³/mol. The maximum absolute atomic E-state index is 5.71. The molecule has 3 nitrogen and oxygen atoms in total. The first-order valence-corrected chi connectivity index (χ1v) is 3.74. The van der Waals surface area contributed by atoms with Crippen LogP contribution in [0.1, 0.15) is 0 Å². The number of methoxy groups -OCH3 is 1. The Kier molecular flexibility index (Phi) is 6.12. The Morgan fingerprint density at radius 3 is 2.82 bits per heavy atom. The summed E-state index contributed by atoms with van der Waals surface area (Å²) in [5.41, 5.74) is 5.71. The zero-order valence-corrected chi connectivity index (χ0v) is 7.42. The zero-order valence-electron chi connectivity index (χ0n) is 7.42. The van der Waals surface area contributed by atoms with Crippen molar-refractivity contribution in [2.75, 3.05) is 33.9 Å². The Balaban J connectivity index is 3.39. The second kappa shape index (κ2) is 6.34. The number of hydrogen-bond acceptors (Lipinski definition) is 3. The van der Waals surface area contributed by atoms with Gasteiger partial charge in [0.15, 0.2) is 0 Å². The topological polar surface area (TPSA) is 38.5 Å². The molecule has 0 aromatic carbocycles. The maximum Gasteiger partial charge on any atom is 0.0626 e. The van der Waals surface area contributed by atoms with E-state index < -0.39 is 0 Å². The molecular weight excluding hydrogens is 140 g/mol. The van der Waals surface area contributed by atoms with Crippen LogP contribution in [0.4, 0.5) is 0 Å². The van der Waals surface area contributed by atoms with Gasteiger partial charge in [-0.15, -0.1) is 6.58 Å².